The molecule has 4 aliphatic heterocycles. The average molecular weight is 846 g/mol. The summed E-state index contributed by atoms with van der Waals surface area (Å²) in [6.07, 6.45) is 11.3. The number of Topliss-reactive ketones (excluding diaryl/α,β-unsaturated/α-hetero) is 1. The Labute approximate surface area is 351 Å². The number of allylic oxidation sites excluding steroid dienone is 4. The lowest BCUT2D eigenvalue weighted by atomic mass is 9.57. The number of benzene rings is 2. The van der Waals surface area contributed by atoms with Crippen molar-refractivity contribution < 1.29 is 47.4 Å². The quantitative estimate of drug-likeness (QED) is 0.0904. The van der Waals surface area contributed by atoms with E-state index in [9.17, 15) is 19.1 Å². The number of esters is 1. The molecule has 1 spiro atoms. The molecule has 2 aromatic rings. The number of carbonyl (C=O) groups is 2. The molecule has 1 aliphatic carbocycles. The van der Waals surface area contributed by atoms with E-state index in [-0.39, 0.29) is 23.7 Å². The summed E-state index contributed by atoms with van der Waals surface area (Å²) >= 11 is 1.54. The fourth-order valence-electron chi connectivity index (χ4n) is 9.40. The van der Waals surface area contributed by atoms with Gasteiger partial charge in [-0.05, 0) is 98.9 Å². The molecule has 3 N–H and O–H groups in total. The molecular weight excluding hydrogens is 790 g/mol. The van der Waals surface area contributed by atoms with Crippen molar-refractivity contribution in [1.82, 2.24) is 0 Å². The first-order valence-electron chi connectivity index (χ1n) is 20.2. The molecule has 7 rings (SSSR count). The van der Waals surface area contributed by atoms with E-state index in [1.807, 2.05) is 98.7 Å². The van der Waals surface area contributed by atoms with Crippen LogP contribution < -0.4 is 19.3 Å². The number of phosphoric acid groups is 1. The van der Waals surface area contributed by atoms with Crippen molar-refractivity contribution in [3.05, 3.63) is 87.6 Å². The fraction of sp³-hybridized carbons (Fsp3) is 0.478. The Kier molecular flexibility index (Phi) is 11.0. The van der Waals surface area contributed by atoms with Crippen LogP contribution in [0.1, 0.15) is 105 Å². The summed E-state index contributed by atoms with van der Waals surface area (Å²) in [6, 6.07) is 7.80. The summed E-state index contributed by atoms with van der Waals surface area (Å²) < 4.78 is 45.9. The van der Waals surface area contributed by atoms with Gasteiger partial charge >= 0.3 is 13.8 Å². The van der Waals surface area contributed by atoms with Gasteiger partial charge < -0.3 is 28.8 Å². The molecule has 2 aromatic carbocycles. The summed E-state index contributed by atoms with van der Waals surface area (Å²) in [7, 11) is -3.90. The van der Waals surface area contributed by atoms with E-state index < -0.39 is 53.3 Å². The monoisotopic (exact) mass is 845 g/mol. The van der Waals surface area contributed by atoms with Gasteiger partial charge in [-0.15, -0.1) is 11.8 Å². The van der Waals surface area contributed by atoms with Crippen LogP contribution in [-0.4, -0.2) is 56.3 Å². The maximum absolute atomic E-state index is 15.5. The molecule has 316 valence electrons. The van der Waals surface area contributed by atoms with Gasteiger partial charge in [0.15, 0.2) is 22.7 Å². The number of carbonyl (C=O) groups excluding carboxylic acids is 2. The lowest BCUT2D eigenvalue weighted by Gasteiger charge is -2.56. The van der Waals surface area contributed by atoms with Gasteiger partial charge in [-0.25, -0.2) is 9.36 Å². The Balaban J connectivity index is 1.64. The zero-order chi connectivity index (χ0) is 43.0. The van der Waals surface area contributed by atoms with Gasteiger partial charge in [0.1, 0.15) is 17.1 Å². The summed E-state index contributed by atoms with van der Waals surface area (Å²) in [5, 5.41) is 3.22. The minimum Gasteiger partial charge on any atom is -0.482 e. The van der Waals surface area contributed by atoms with Gasteiger partial charge in [-0.3, -0.25) is 14.6 Å². The number of phosphoric ester groups is 1. The number of methoxy groups -OCH3 is 1. The van der Waals surface area contributed by atoms with E-state index in [0.29, 0.717) is 46.6 Å². The predicted octanol–water partition coefficient (Wildman–Crippen LogP) is 9.92. The Morgan fingerprint density at radius 3 is 2.36 bits per heavy atom. The minimum atomic E-state index is -5.21. The zero-order valence-corrected chi connectivity index (χ0v) is 37.5. The molecule has 0 aromatic heterocycles. The van der Waals surface area contributed by atoms with Gasteiger partial charge in [0.25, 0.3) is 0 Å². The highest BCUT2D eigenvalue weighted by Gasteiger charge is 2.78. The highest BCUT2D eigenvalue weighted by Crippen LogP contribution is 2.69. The minimum absolute atomic E-state index is 0.0108. The van der Waals surface area contributed by atoms with E-state index >= 15 is 4.79 Å². The molecule has 1 saturated heterocycles. The molecule has 0 amide bonds. The van der Waals surface area contributed by atoms with Crippen molar-refractivity contribution in [2.24, 2.45) is 11.8 Å². The first-order valence-corrected chi connectivity index (χ1v) is 22.6. The van der Waals surface area contributed by atoms with Crippen LogP contribution in [0.2, 0.25) is 0 Å². The second-order valence-electron chi connectivity index (χ2n) is 17.7. The van der Waals surface area contributed by atoms with E-state index in [1.165, 1.54) is 12.7 Å². The molecule has 59 heavy (non-hydrogen) atoms. The summed E-state index contributed by atoms with van der Waals surface area (Å²) in [5.41, 5.74) is 0.938. The van der Waals surface area contributed by atoms with Crippen LogP contribution in [0.3, 0.4) is 0 Å². The first kappa shape index (κ1) is 43.0. The van der Waals surface area contributed by atoms with Gasteiger partial charge in [0.2, 0.25) is 0 Å². The smallest absolute Gasteiger partial charge is 0.482 e. The number of para-hydroxylation sites is 1. The van der Waals surface area contributed by atoms with Crippen LogP contribution >= 0.6 is 19.6 Å². The first-order chi connectivity index (χ1) is 27.6. The molecule has 2 fully saturated rings. The van der Waals surface area contributed by atoms with Crippen LogP contribution in [0.5, 0.6) is 17.2 Å². The number of thioether (sulfide) groups is 1. The van der Waals surface area contributed by atoms with Crippen molar-refractivity contribution >= 4 is 48.8 Å². The lowest BCUT2D eigenvalue weighted by Crippen LogP contribution is -2.70. The summed E-state index contributed by atoms with van der Waals surface area (Å²) in [6.45, 7) is 19.5. The molecule has 4 heterocycles. The second-order valence-corrected chi connectivity index (χ2v) is 20.0. The number of fused-ring (bicyclic) bond motifs is 4. The number of ether oxygens (including phenoxy) is 4. The predicted molar refractivity (Wildman–Crippen MR) is 231 cm³/mol. The zero-order valence-electron chi connectivity index (χ0n) is 35.8. The molecule has 0 radical (unpaired) electrons. The van der Waals surface area contributed by atoms with Crippen LogP contribution in [0.15, 0.2) is 75.8 Å². The second kappa shape index (κ2) is 15.1. The van der Waals surface area contributed by atoms with Gasteiger partial charge in [-0.1, -0.05) is 55.4 Å². The third-order valence-electron chi connectivity index (χ3n) is 12.6. The van der Waals surface area contributed by atoms with Crippen LogP contribution in [0.25, 0.3) is 11.8 Å². The fourth-order valence-corrected chi connectivity index (χ4v) is 11.2. The van der Waals surface area contributed by atoms with Crippen molar-refractivity contribution in [3.8, 4) is 17.2 Å². The Hall–Kier alpha value is -4.06. The van der Waals surface area contributed by atoms with Crippen molar-refractivity contribution in [2.75, 3.05) is 12.4 Å². The number of anilines is 1. The Morgan fingerprint density at radius 2 is 1.69 bits per heavy atom. The van der Waals surface area contributed by atoms with E-state index in [2.05, 4.69) is 17.5 Å². The highest BCUT2D eigenvalue weighted by atomic mass is 32.2. The van der Waals surface area contributed by atoms with Crippen LogP contribution in [-0.2, 0) is 30.0 Å². The van der Waals surface area contributed by atoms with Crippen LogP contribution in [0, 0.1) is 11.8 Å². The molecule has 5 aliphatic rings. The lowest BCUT2D eigenvalue weighted by molar-refractivity contribution is -0.173. The standard InChI is InChI=1S/C46H56NO10PS/c1-25(2)15-14-22-44(10)23-21-31-37(54-44)30(19-18-26(3)4)38-34(39(31)56-58(50,51)52)36-35-40(59-33-17-13-12-16-32(33)47-36)28(6)41(48)45(24-20-27(5)42(49)53-11)46(35,55-38)29(7)43(8,9)57-45/h12-13,15-18,20-21,23,28-29,40,47H,14,19,22,24H2,1-11H3,(H2,50,51,52)/b27-20-. The molecule has 11 nitrogen and oxygen atoms in total. The van der Waals surface area contributed by atoms with Crippen molar-refractivity contribution in [3.63, 3.8) is 0 Å². The average Bonchev–Trinajstić information content (AvgIpc) is 3.24. The number of ketones is 1. The Bertz CT molecular complexity index is 2330. The van der Waals surface area contributed by atoms with E-state index in [4.69, 9.17) is 23.5 Å². The third kappa shape index (κ3) is 7.12. The van der Waals surface area contributed by atoms with Crippen LogP contribution in [0.4, 0.5) is 5.69 Å². The van der Waals surface area contributed by atoms with E-state index in [0.717, 1.165) is 28.1 Å². The highest BCUT2D eigenvalue weighted by molar-refractivity contribution is 8.00. The molecular formula is C46H56NO10PS. The molecule has 6 unspecified atom stereocenters. The normalized spacial score (nSPS) is 28.6. The molecule has 0 bridgehead atoms. The Morgan fingerprint density at radius 1 is 1.00 bits per heavy atom. The molecule has 6 atom stereocenters. The number of rotatable bonds is 10. The largest absolute Gasteiger partial charge is 0.524 e. The molecule has 1 saturated carbocycles. The van der Waals surface area contributed by atoms with Gasteiger partial charge in [0.05, 0.1) is 35.2 Å². The van der Waals surface area contributed by atoms with E-state index in [1.54, 1.807) is 24.8 Å². The SMILES string of the molecule is COC(=O)/C(C)=C\CC12OC(C)(C)C(C)C13Oc1c(CC=C(C)C)c4c(c(OP(=O)(O)O)c1C1=C3C(Sc3ccccc3N1)C(C)C2=O)C=CC(C)(CCC=C(C)C)O4. The third-order valence-corrected chi connectivity index (χ3v) is 14.5. The topological polar surface area (TPSA) is 150 Å². The van der Waals surface area contributed by atoms with Crippen molar-refractivity contribution in [1.29, 1.82) is 0 Å². The maximum Gasteiger partial charge on any atom is 0.524 e. The maximum atomic E-state index is 15.5. The summed E-state index contributed by atoms with van der Waals surface area (Å²) in [5.74, 6) is -1.27. The van der Waals surface area contributed by atoms with Crippen molar-refractivity contribution in [2.45, 2.75) is 127 Å². The number of nitrogens with one attached hydrogen (secondary N) is 1. The molecule has 13 heteroatoms. The number of hydrogen-bond donors (Lipinski definition) is 3. The summed E-state index contributed by atoms with van der Waals surface area (Å²) in [4.78, 5) is 50.5. The van der Waals surface area contributed by atoms with Gasteiger partial charge in [0, 0.05) is 45.1 Å². The number of hydrogen-bond acceptors (Lipinski definition) is 10. The van der Waals surface area contributed by atoms with Gasteiger partial charge in [-0.2, -0.15) is 0 Å².